The van der Waals surface area contributed by atoms with Gasteiger partial charge in [0.2, 0.25) is 0 Å². The molecule has 1 saturated heterocycles. The highest BCUT2D eigenvalue weighted by molar-refractivity contribution is 7.91. The Labute approximate surface area is 166 Å². The molecule has 3 rings (SSSR count). The van der Waals surface area contributed by atoms with Crippen molar-refractivity contribution in [2.75, 3.05) is 37.7 Å². The molecule has 0 radical (unpaired) electrons. The number of halogens is 2. The van der Waals surface area contributed by atoms with Gasteiger partial charge in [0.1, 0.15) is 0 Å². The van der Waals surface area contributed by atoms with Gasteiger partial charge in [0.15, 0.2) is 9.84 Å². The second-order valence-corrected chi connectivity index (χ2v) is 10.3. The van der Waals surface area contributed by atoms with E-state index in [0.717, 1.165) is 10.4 Å². The third-order valence-corrected chi connectivity index (χ3v) is 7.31. The fourth-order valence-electron chi connectivity index (χ4n) is 2.70. The van der Waals surface area contributed by atoms with E-state index in [9.17, 15) is 13.2 Å². The van der Waals surface area contributed by atoms with Crippen LogP contribution in [-0.2, 0) is 9.84 Å². The van der Waals surface area contributed by atoms with Gasteiger partial charge in [0.05, 0.1) is 16.4 Å². The lowest BCUT2D eigenvalue weighted by atomic mass is 10.2. The Hall–Kier alpha value is -1.12. The maximum Gasteiger partial charge on any atom is 0.261 e. The molecule has 0 atom stereocenters. The van der Waals surface area contributed by atoms with Crippen LogP contribution in [0.2, 0.25) is 10.0 Å². The van der Waals surface area contributed by atoms with Gasteiger partial charge >= 0.3 is 0 Å². The van der Waals surface area contributed by atoms with Gasteiger partial charge in [-0.05, 0) is 35.9 Å². The first-order valence-electron chi connectivity index (χ1n) is 8.10. The van der Waals surface area contributed by atoms with Gasteiger partial charge in [-0.1, -0.05) is 23.2 Å². The van der Waals surface area contributed by atoms with Crippen molar-refractivity contribution in [3.8, 4) is 10.4 Å². The summed E-state index contributed by atoms with van der Waals surface area (Å²) in [6, 6.07) is 8.94. The van der Waals surface area contributed by atoms with Crippen molar-refractivity contribution in [2.24, 2.45) is 0 Å². The number of nitrogens with one attached hydrogen (secondary N) is 1. The fraction of sp³-hybridized carbons (Fsp3) is 0.353. The first-order chi connectivity index (χ1) is 12.3. The summed E-state index contributed by atoms with van der Waals surface area (Å²) >= 11 is 13.4. The number of nitrogens with zero attached hydrogens (tertiary/aromatic N) is 1. The minimum atomic E-state index is -2.88. The summed E-state index contributed by atoms with van der Waals surface area (Å²) in [5.74, 6) is 0.244. The summed E-state index contributed by atoms with van der Waals surface area (Å²) in [6.07, 6.45) is 0. The normalized spacial score (nSPS) is 17.2. The fourth-order valence-corrected chi connectivity index (χ4v) is 5.41. The molecule has 1 N–H and O–H groups in total. The SMILES string of the molecule is O=C(NCCN1CCS(=O)(=O)CC1)c1ccc(-c2cc(Cl)cc(Cl)c2)s1. The standard InChI is InChI=1S/C17H18Cl2N2O3S2/c18-13-9-12(10-14(19)11-13)15-1-2-16(25-15)17(22)20-3-4-21-5-7-26(23,24)8-6-21/h1-2,9-11H,3-8H2,(H,20,22). The molecule has 0 spiro atoms. The Balaban J connectivity index is 1.53. The summed E-state index contributed by atoms with van der Waals surface area (Å²) in [6.45, 7) is 2.17. The van der Waals surface area contributed by atoms with E-state index in [1.54, 1.807) is 12.1 Å². The van der Waals surface area contributed by atoms with Crippen molar-refractivity contribution in [3.05, 3.63) is 45.3 Å². The van der Waals surface area contributed by atoms with Gasteiger partial charge in [-0.3, -0.25) is 9.69 Å². The van der Waals surface area contributed by atoms with E-state index < -0.39 is 9.84 Å². The van der Waals surface area contributed by atoms with Gasteiger partial charge in [-0.2, -0.15) is 0 Å². The number of carbonyl (C=O) groups is 1. The molecule has 9 heteroatoms. The number of sulfone groups is 1. The summed E-state index contributed by atoms with van der Waals surface area (Å²) < 4.78 is 22.8. The molecule has 1 amide bonds. The highest BCUT2D eigenvalue weighted by Crippen LogP contribution is 2.32. The molecule has 2 heterocycles. The molecule has 0 unspecified atom stereocenters. The molecular weight excluding hydrogens is 415 g/mol. The van der Waals surface area contributed by atoms with Gasteiger partial charge in [0, 0.05) is 41.1 Å². The molecule has 1 fully saturated rings. The van der Waals surface area contributed by atoms with Crippen molar-refractivity contribution in [1.29, 1.82) is 0 Å². The Kier molecular flexibility index (Phi) is 6.25. The lowest BCUT2D eigenvalue weighted by Crippen LogP contribution is -2.43. The lowest BCUT2D eigenvalue weighted by molar-refractivity contribution is 0.0952. The number of rotatable bonds is 5. The first kappa shape index (κ1) is 19.6. The third-order valence-electron chi connectivity index (χ3n) is 4.13. The van der Waals surface area contributed by atoms with Crippen molar-refractivity contribution < 1.29 is 13.2 Å². The van der Waals surface area contributed by atoms with Crippen LogP contribution < -0.4 is 5.32 Å². The Morgan fingerprint density at radius 3 is 2.42 bits per heavy atom. The zero-order chi connectivity index (χ0) is 18.7. The average molecular weight is 433 g/mol. The van der Waals surface area contributed by atoms with Crippen LogP contribution in [0.25, 0.3) is 10.4 Å². The highest BCUT2D eigenvalue weighted by Gasteiger charge is 2.21. The first-order valence-corrected chi connectivity index (χ1v) is 11.5. The molecule has 1 aromatic heterocycles. The van der Waals surface area contributed by atoms with Crippen LogP contribution in [0.3, 0.4) is 0 Å². The van der Waals surface area contributed by atoms with E-state index in [-0.39, 0.29) is 17.4 Å². The van der Waals surface area contributed by atoms with Crippen LogP contribution in [0, 0.1) is 0 Å². The Morgan fingerprint density at radius 1 is 1.12 bits per heavy atom. The van der Waals surface area contributed by atoms with Crippen molar-refractivity contribution >= 4 is 50.3 Å². The minimum Gasteiger partial charge on any atom is -0.350 e. The van der Waals surface area contributed by atoms with E-state index in [4.69, 9.17) is 23.2 Å². The zero-order valence-corrected chi connectivity index (χ0v) is 17.0. The van der Waals surface area contributed by atoms with Gasteiger partial charge in [0.25, 0.3) is 5.91 Å². The molecule has 26 heavy (non-hydrogen) atoms. The van der Waals surface area contributed by atoms with Crippen molar-refractivity contribution in [1.82, 2.24) is 10.2 Å². The molecule has 5 nitrogen and oxygen atoms in total. The summed E-state index contributed by atoms with van der Waals surface area (Å²) in [5.41, 5.74) is 0.876. The number of carbonyl (C=O) groups excluding carboxylic acids is 1. The zero-order valence-electron chi connectivity index (χ0n) is 13.9. The van der Waals surface area contributed by atoms with Crippen molar-refractivity contribution in [2.45, 2.75) is 0 Å². The average Bonchev–Trinajstić information content (AvgIpc) is 3.05. The van der Waals surface area contributed by atoms with Crippen molar-refractivity contribution in [3.63, 3.8) is 0 Å². The van der Waals surface area contributed by atoms with Crippen LogP contribution in [-0.4, -0.2) is 56.9 Å². The lowest BCUT2D eigenvalue weighted by Gasteiger charge is -2.26. The molecule has 0 saturated carbocycles. The largest absolute Gasteiger partial charge is 0.350 e. The van der Waals surface area contributed by atoms with E-state index in [1.165, 1.54) is 11.3 Å². The van der Waals surface area contributed by atoms with Gasteiger partial charge < -0.3 is 5.32 Å². The van der Waals surface area contributed by atoms with Crippen LogP contribution in [0.5, 0.6) is 0 Å². The molecule has 1 aliphatic heterocycles. The summed E-state index contributed by atoms with van der Waals surface area (Å²) in [5, 5.41) is 3.99. The van der Waals surface area contributed by atoms with E-state index >= 15 is 0 Å². The number of hydrogen-bond donors (Lipinski definition) is 1. The highest BCUT2D eigenvalue weighted by atomic mass is 35.5. The van der Waals surface area contributed by atoms with E-state index in [0.29, 0.717) is 41.1 Å². The maximum atomic E-state index is 12.3. The quantitative estimate of drug-likeness (QED) is 0.787. The second kappa shape index (κ2) is 8.27. The number of amides is 1. The topological polar surface area (TPSA) is 66.5 Å². The number of thiophene rings is 1. The Bertz CT molecular complexity index is 878. The second-order valence-electron chi connectivity index (χ2n) is 6.07. The molecule has 2 aromatic rings. The molecule has 0 bridgehead atoms. The van der Waals surface area contributed by atoms with Gasteiger partial charge in [-0.15, -0.1) is 11.3 Å². The van der Waals surface area contributed by atoms with Crippen LogP contribution >= 0.6 is 34.5 Å². The molecule has 0 aliphatic carbocycles. The predicted molar refractivity (Wildman–Crippen MR) is 107 cm³/mol. The molecule has 140 valence electrons. The summed E-state index contributed by atoms with van der Waals surface area (Å²) in [4.78, 5) is 15.9. The van der Waals surface area contributed by atoms with E-state index in [1.807, 2.05) is 18.2 Å². The smallest absolute Gasteiger partial charge is 0.261 e. The van der Waals surface area contributed by atoms with Gasteiger partial charge in [-0.25, -0.2) is 8.42 Å². The van der Waals surface area contributed by atoms with Crippen LogP contribution in [0.1, 0.15) is 9.67 Å². The monoisotopic (exact) mass is 432 g/mol. The van der Waals surface area contributed by atoms with E-state index in [2.05, 4.69) is 10.2 Å². The van der Waals surface area contributed by atoms with Crippen LogP contribution in [0.4, 0.5) is 0 Å². The third kappa shape index (κ3) is 5.20. The Morgan fingerprint density at radius 2 is 1.77 bits per heavy atom. The predicted octanol–water partition coefficient (Wildman–Crippen LogP) is 3.18. The minimum absolute atomic E-state index is 0.140. The maximum absolute atomic E-state index is 12.3. The number of benzene rings is 1. The number of hydrogen-bond acceptors (Lipinski definition) is 5. The van der Waals surface area contributed by atoms with Crippen LogP contribution in [0.15, 0.2) is 30.3 Å². The summed E-state index contributed by atoms with van der Waals surface area (Å²) in [7, 11) is -2.88. The molecule has 1 aromatic carbocycles. The molecule has 1 aliphatic rings. The molecular formula is C17H18Cl2N2O3S2.